The van der Waals surface area contributed by atoms with Crippen LogP contribution < -0.4 is 0 Å². The van der Waals surface area contributed by atoms with E-state index in [9.17, 15) is 14.4 Å². The molecule has 5 heteroatoms. The van der Waals surface area contributed by atoms with Gasteiger partial charge in [-0.3, -0.25) is 14.4 Å². The van der Waals surface area contributed by atoms with Gasteiger partial charge >= 0.3 is 5.97 Å². The van der Waals surface area contributed by atoms with Crippen molar-refractivity contribution in [2.75, 3.05) is 20.2 Å². The van der Waals surface area contributed by atoms with Crippen LogP contribution >= 0.6 is 0 Å². The van der Waals surface area contributed by atoms with E-state index in [1.165, 1.54) is 14.0 Å². The SMILES string of the molecule is COC(=O)C1CCN(C(=O)CC(C)=O)CC1. The molecule has 0 N–H and O–H groups in total. The van der Waals surface area contributed by atoms with Gasteiger partial charge in [0.25, 0.3) is 0 Å². The summed E-state index contributed by atoms with van der Waals surface area (Å²) in [6.07, 6.45) is 1.20. The topological polar surface area (TPSA) is 63.7 Å². The van der Waals surface area contributed by atoms with E-state index in [-0.39, 0.29) is 30.0 Å². The van der Waals surface area contributed by atoms with E-state index in [0.29, 0.717) is 25.9 Å². The number of hydrogen-bond donors (Lipinski definition) is 0. The Balaban J connectivity index is 2.40. The van der Waals surface area contributed by atoms with Crippen LogP contribution in [-0.2, 0) is 19.1 Å². The fourth-order valence-corrected chi connectivity index (χ4v) is 1.86. The molecule has 0 bridgehead atoms. The quantitative estimate of drug-likeness (QED) is 0.516. The molecule has 0 aliphatic carbocycles. The smallest absolute Gasteiger partial charge is 0.308 e. The summed E-state index contributed by atoms with van der Waals surface area (Å²) < 4.78 is 4.65. The van der Waals surface area contributed by atoms with Gasteiger partial charge in [0.2, 0.25) is 5.91 Å². The van der Waals surface area contributed by atoms with Crippen molar-refractivity contribution in [3.8, 4) is 0 Å². The summed E-state index contributed by atoms with van der Waals surface area (Å²) in [7, 11) is 1.37. The van der Waals surface area contributed by atoms with Gasteiger partial charge in [0, 0.05) is 13.1 Å². The van der Waals surface area contributed by atoms with Crippen LogP contribution in [0, 0.1) is 5.92 Å². The summed E-state index contributed by atoms with van der Waals surface area (Å²) in [4.78, 5) is 35.2. The normalized spacial score (nSPS) is 17.0. The van der Waals surface area contributed by atoms with Crippen molar-refractivity contribution in [2.24, 2.45) is 5.92 Å². The fourth-order valence-electron chi connectivity index (χ4n) is 1.86. The Labute approximate surface area is 94.7 Å². The van der Waals surface area contributed by atoms with Crippen molar-refractivity contribution in [1.29, 1.82) is 0 Å². The first-order chi connectivity index (χ1) is 7.54. The number of methoxy groups -OCH3 is 1. The number of hydrogen-bond acceptors (Lipinski definition) is 4. The number of nitrogens with zero attached hydrogens (tertiary/aromatic N) is 1. The number of carbonyl (C=O) groups is 3. The number of carbonyl (C=O) groups excluding carboxylic acids is 3. The highest BCUT2D eigenvalue weighted by Crippen LogP contribution is 2.18. The molecular formula is C11H17NO4. The van der Waals surface area contributed by atoms with Crippen LogP contribution in [0.3, 0.4) is 0 Å². The number of amides is 1. The Kier molecular flexibility index (Phi) is 4.46. The van der Waals surface area contributed by atoms with Gasteiger partial charge in [-0.15, -0.1) is 0 Å². The second-order valence-corrected chi connectivity index (χ2v) is 4.06. The number of likely N-dealkylation sites (tertiary alicyclic amines) is 1. The number of ketones is 1. The van der Waals surface area contributed by atoms with E-state index in [4.69, 9.17) is 0 Å². The monoisotopic (exact) mass is 227 g/mol. The zero-order chi connectivity index (χ0) is 12.1. The van der Waals surface area contributed by atoms with E-state index in [1.54, 1.807) is 4.90 Å². The predicted octanol–water partition coefficient (Wildman–Crippen LogP) is 0.377. The number of piperidine rings is 1. The Morgan fingerprint density at radius 1 is 1.25 bits per heavy atom. The zero-order valence-corrected chi connectivity index (χ0v) is 9.69. The van der Waals surface area contributed by atoms with Crippen molar-refractivity contribution in [1.82, 2.24) is 4.90 Å². The molecule has 1 rings (SSSR count). The molecule has 1 fully saturated rings. The van der Waals surface area contributed by atoms with E-state index in [0.717, 1.165) is 0 Å². The van der Waals surface area contributed by atoms with Gasteiger partial charge in [0.15, 0.2) is 0 Å². The van der Waals surface area contributed by atoms with Gasteiger partial charge in [-0.25, -0.2) is 0 Å². The third-order valence-corrected chi connectivity index (χ3v) is 2.78. The molecular weight excluding hydrogens is 210 g/mol. The van der Waals surface area contributed by atoms with Crippen LogP contribution in [0.2, 0.25) is 0 Å². The highest BCUT2D eigenvalue weighted by molar-refractivity contribution is 5.96. The van der Waals surface area contributed by atoms with Gasteiger partial charge in [0.05, 0.1) is 19.4 Å². The molecule has 16 heavy (non-hydrogen) atoms. The summed E-state index contributed by atoms with van der Waals surface area (Å²) in [5.74, 6) is -0.582. The van der Waals surface area contributed by atoms with Gasteiger partial charge in [0.1, 0.15) is 5.78 Å². The average molecular weight is 227 g/mol. The first-order valence-electron chi connectivity index (χ1n) is 5.39. The van der Waals surface area contributed by atoms with E-state index in [1.807, 2.05) is 0 Å². The lowest BCUT2D eigenvalue weighted by molar-refractivity contribution is -0.149. The second kappa shape index (κ2) is 5.63. The van der Waals surface area contributed by atoms with Gasteiger partial charge in [-0.2, -0.15) is 0 Å². The van der Waals surface area contributed by atoms with Crippen molar-refractivity contribution in [2.45, 2.75) is 26.2 Å². The van der Waals surface area contributed by atoms with E-state index in [2.05, 4.69) is 4.74 Å². The summed E-state index contributed by atoms with van der Waals surface area (Å²) >= 11 is 0. The minimum Gasteiger partial charge on any atom is -0.469 e. The Hall–Kier alpha value is -1.39. The van der Waals surface area contributed by atoms with Crippen molar-refractivity contribution in [3.63, 3.8) is 0 Å². The summed E-state index contributed by atoms with van der Waals surface area (Å²) in [5.41, 5.74) is 0. The number of Topliss-reactive ketones (excluding diaryl/α,β-unsaturated/α-hetero) is 1. The first kappa shape index (κ1) is 12.7. The maximum Gasteiger partial charge on any atom is 0.308 e. The van der Waals surface area contributed by atoms with Crippen LogP contribution in [0.1, 0.15) is 26.2 Å². The molecule has 1 saturated heterocycles. The lowest BCUT2D eigenvalue weighted by atomic mass is 9.97. The minimum atomic E-state index is -0.210. The maximum absolute atomic E-state index is 11.5. The molecule has 1 aliphatic rings. The molecule has 0 unspecified atom stereocenters. The molecule has 0 saturated carbocycles. The van der Waals surface area contributed by atoms with Crippen LogP contribution in [-0.4, -0.2) is 42.8 Å². The molecule has 0 spiro atoms. The van der Waals surface area contributed by atoms with Crippen molar-refractivity contribution < 1.29 is 19.1 Å². The Morgan fingerprint density at radius 2 is 1.81 bits per heavy atom. The Morgan fingerprint density at radius 3 is 2.25 bits per heavy atom. The zero-order valence-electron chi connectivity index (χ0n) is 9.69. The maximum atomic E-state index is 11.5. The van der Waals surface area contributed by atoms with Gasteiger partial charge in [-0.1, -0.05) is 0 Å². The number of ether oxygens (including phenoxy) is 1. The molecule has 0 aromatic heterocycles. The lowest BCUT2D eigenvalue weighted by Crippen LogP contribution is -2.41. The summed E-state index contributed by atoms with van der Waals surface area (Å²) in [5, 5.41) is 0. The summed E-state index contributed by atoms with van der Waals surface area (Å²) in [6.45, 7) is 2.47. The molecule has 0 aromatic carbocycles. The minimum absolute atomic E-state index is 0.0388. The number of rotatable bonds is 3. The number of esters is 1. The molecule has 1 amide bonds. The van der Waals surface area contributed by atoms with Gasteiger partial charge < -0.3 is 9.64 Å². The largest absolute Gasteiger partial charge is 0.469 e. The average Bonchev–Trinajstić information content (AvgIpc) is 2.27. The molecule has 5 nitrogen and oxygen atoms in total. The van der Waals surface area contributed by atoms with Crippen molar-refractivity contribution >= 4 is 17.7 Å². The molecule has 1 aliphatic heterocycles. The van der Waals surface area contributed by atoms with Crippen LogP contribution in [0.25, 0.3) is 0 Å². The van der Waals surface area contributed by atoms with Crippen molar-refractivity contribution in [3.05, 3.63) is 0 Å². The van der Waals surface area contributed by atoms with Gasteiger partial charge in [-0.05, 0) is 19.8 Å². The van der Waals surface area contributed by atoms with Crippen LogP contribution in [0.4, 0.5) is 0 Å². The molecule has 0 aromatic rings. The predicted molar refractivity (Wildman–Crippen MR) is 56.6 cm³/mol. The first-order valence-corrected chi connectivity index (χ1v) is 5.39. The Bertz CT molecular complexity index is 292. The third-order valence-electron chi connectivity index (χ3n) is 2.78. The van der Waals surface area contributed by atoms with E-state index >= 15 is 0 Å². The third kappa shape index (κ3) is 3.32. The van der Waals surface area contributed by atoms with Crippen LogP contribution in [0.5, 0.6) is 0 Å². The molecule has 0 radical (unpaired) electrons. The standard InChI is InChI=1S/C11H17NO4/c1-8(13)7-10(14)12-5-3-9(4-6-12)11(15)16-2/h9H,3-7H2,1-2H3. The summed E-state index contributed by atoms with van der Waals surface area (Å²) in [6, 6.07) is 0. The molecule has 0 atom stereocenters. The fraction of sp³-hybridized carbons (Fsp3) is 0.727. The van der Waals surface area contributed by atoms with Crippen LogP contribution in [0.15, 0.2) is 0 Å². The highest BCUT2D eigenvalue weighted by atomic mass is 16.5. The highest BCUT2D eigenvalue weighted by Gasteiger charge is 2.27. The molecule has 1 heterocycles. The lowest BCUT2D eigenvalue weighted by Gasteiger charge is -2.30. The second-order valence-electron chi connectivity index (χ2n) is 4.06. The molecule has 90 valence electrons. The van der Waals surface area contributed by atoms with E-state index < -0.39 is 0 Å².